The van der Waals surface area contributed by atoms with Crippen LogP contribution in [-0.4, -0.2) is 91.1 Å². The van der Waals surface area contributed by atoms with Crippen LogP contribution < -0.4 is 15.1 Å². The van der Waals surface area contributed by atoms with Crippen molar-refractivity contribution < 1.29 is 17.9 Å². The number of nitrogens with zero attached hydrogens (tertiary/aromatic N) is 6. The van der Waals surface area contributed by atoms with Gasteiger partial charge >= 0.3 is 0 Å². The number of aromatic nitrogens is 3. The average molecular weight is 604 g/mol. The van der Waals surface area contributed by atoms with Gasteiger partial charge in [-0.25, -0.2) is 18.4 Å². The zero-order valence-corrected chi connectivity index (χ0v) is 25.3. The Bertz CT molecular complexity index is 1700. The normalized spacial score (nSPS) is 26.7. The van der Waals surface area contributed by atoms with Gasteiger partial charge in [0.15, 0.2) is 0 Å². The first-order valence-corrected chi connectivity index (χ1v) is 17.0. The molecular weight excluding hydrogens is 566 g/mol. The molecule has 4 aliphatic heterocycles. The third-order valence-corrected chi connectivity index (χ3v) is 10.7. The van der Waals surface area contributed by atoms with Gasteiger partial charge in [-0.3, -0.25) is 4.79 Å². The number of amides is 1. The highest BCUT2D eigenvalue weighted by Gasteiger charge is 2.41. The number of likely N-dealkylation sites (tertiary alicyclic amines) is 1. The predicted octanol–water partition coefficient (Wildman–Crippen LogP) is 3.32. The van der Waals surface area contributed by atoms with Crippen molar-refractivity contribution in [2.45, 2.75) is 37.9 Å². The zero-order valence-electron chi connectivity index (χ0n) is 24.5. The second-order valence-corrected chi connectivity index (χ2v) is 14.5. The zero-order chi connectivity index (χ0) is 29.9. The van der Waals surface area contributed by atoms with E-state index in [1.165, 1.54) is 12.3 Å². The van der Waals surface area contributed by atoms with Crippen LogP contribution in [0.25, 0.3) is 10.8 Å². The van der Waals surface area contributed by atoms with Gasteiger partial charge in [0, 0.05) is 67.2 Å². The van der Waals surface area contributed by atoms with Gasteiger partial charge < -0.3 is 24.8 Å². The van der Waals surface area contributed by atoms with E-state index >= 15 is 0 Å². The number of benzene rings is 1. The molecule has 2 aromatic heterocycles. The highest BCUT2D eigenvalue weighted by molar-refractivity contribution is 7.90. The summed E-state index contributed by atoms with van der Waals surface area (Å²) in [5, 5.41) is 5.36. The molecule has 0 bridgehead atoms. The number of fused-ring (bicyclic) bond motifs is 2. The minimum absolute atomic E-state index is 0.0495. The Kier molecular flexibility index (Phi) is 7.00. The van der Waals surface area contributed by atoms with Crippen molar-refractivity contribution >= 4 is 49.8 Å². The molecule has 1 N–H and O–H groups in total. The Labute approximate surface area is 251 Å². The number of anilines is 4. The summed E-state index contributed by atoms with van der Waals surface area (Å²) in [6.07, 6.45) is 8.25. The number of ether oxygens (including phenoxy) is 1. The number of hydrogen-bond acceptors (Lipinski definition) is 10. The van der Waals surface area contributed by atoms with Gasteiger partial charge in [-0.2, -0.15) is 4.98 Å². The van der Waals surface area contributed by atoms with Crippen molar-refractivity contribution in [3.63, 3.8) is 0 Å². The standard InChI is InChI=1S/C31H37N7O4S/c1-4-30(39)36-12-9-26(36)22-5-6-25(38-15-21(19(38)2)18-43(3,40)41)24-14-33-29(13-23(22)24)34-28-7-10-32-31(35-28)37-11-8-20-16-42-17-27(20)37/h4-7,10,13-14,19-21,26-27H,1,8-9,11-12,15-18H2,2-3H3,(H,32,33,34,35)/t19-,20-,21-,26-,27+/m1/s1. The van der Waals surface area contributed by atoms with Gasteiger partial charge in [0.25, 0.3) is 0 Å². The van der Waals surface area contributed by atoms with Gasteiger partial charge in [-0.15, -0.1) is 0 Å². The van der Waals surface area contributed by atoms with E-state index in [0.717, 1.165) is 48.0 Å². The first-order valence-electron chi connectivity index (χ1n) is 14.9. The molecule has 1 amide bonds. The number of nitrogens with one attached hydrogen (secondary N) is 1. The molecule has 0 saturated carbocycles. The minimum Gasteiger partial charge on any atom is -0.379 e. The summed E-state index contributed by atoms with van der Waals surface area (Å²) in [4.78, 5) is 33.0. The van der Waals surface area contributed by atoms with E-state index in [2.05, 4.69) is 45.7 Å². The van der Waals surface area contributed by atoms with Crippen molar-refractivity contribution in [2.24, 2.45) is 11.8 Å². The van der Waals surface area contributed by atoms with Gasteiger partial charge in [-0.05, 0) is 55.0 Å². The van der Waals surface area contributed by atoms with Crippen LogP contribution in [0.2, 0.25) is 0 Å². The van der Waals surface area contributed by atoms with Gasteiger partial charge in [0.05, 0.1) is 31.1 Å². The molecule has 0 aliphatic carbocycles. The molecule has 0 radical (unpaired) electrons. The van der Waals surface area contributed by atoms with Gasteiger partial charge in [-0.1, -0.05) is 12.6 Å². The Morgan fingerprint density at radius 3 is 2.72 bits per heavy atom. The molecule has 1 aromatic carbocycles. The molecule has 11 nitrogen and oxygen atoms in total. The Morgan fingerprint density at radius 1 is 1.12 bits per heavy atom. The molecule has 0 unspecified atom stereocenters. The summed E-state index contributed by atoms with van der Waals surface area (Å²) >= 11 is 0. The molecule has 12 heteroatoms. The molecule has 4 saturated heterocycles. The molecule has 6 heterocycles. The van der Waals surface area contributed by atoms with E-state index in [1.54, 1.807) is 6.20 Å². The Hall–Kier alpha value is -3.77. The topological polar surface area (TPSA) is 121 Å². The minimum atomic E-state index is -3.06. The lowest BCUT2D eigenvalue weighted by Crippen LogP contribution is -2.57. The summed E-state index contributed by atoms with van der Waals surface area (Å²) in [5.41, 5.74) is 2.07. The van der Waals surface area contributed by atoms with Crippen LogP contribution in [0.4, 0.5) is 23.3 Å². The number of hydrogen-bond donors (Lipinski definition) is 1. The predicted molar refractivity (Wildman–Crippen MR) is 166 cm³/mol. The van der Waals surface area contributed by atoms with Crippen molar-refractivity contribution in [1.29, 1.82) is 0 Å². The van der Waals surface area contributed by atoms with E-state index in [1.807, 2.05) is 23.2 Å². The SMILES string of the molecule is C=CC(=O)N1CC[C@@H]1c1ccc(N2C[C@H](CS(C)(=O)=O)[C@H]2C)c2cnc(Nc3ccnc(N4CC[C@@H]5COC[C@@H]54)n3)cc12. The fraction of sp³-hybridized carbons (Fsp3) is 0.484. The lowest BCUT2D eigenvalue weighted by Gasteiger charge is -2.48. The quantitative estimate of drug-likeness (QED) is 0.384. The van der Waals surface area contributed by atoms with Crippen molar-refractivity contribution in [2.75, 3.05) is 60.0 Å². The smallest absolute Gasteiger partial charge is 0.246 e. The monoisotopic (exact) mass is 603 g/mol. The lowest BCUT2D eigenvalue weighted by molar-refractivity contribution is -0.133. The number of pyridine rings is 1. The lowest BCUT2D eigenvalue weighted by atomic mass is 9.87. The van der Waals surface area contributed by atoms with E-state index < -0.39 is 9.84 Å². The van der Waals surface area contributed by atoms with Crippen molar-refractivity contribution in [1.82, 2.24) is 19.9 Å². The molecule has 4 fully saturated rings. The maximum Gasteiger partial charge on any atom is 0.246 e. The summed E-state index contributed by atoms with van der Waals surface area (Å²) in [6, 6.07) is 8.40. The highest BCUT2D eigenvalue weighted by atomic mass is 32.2. The molecule has 4 aliphatic rings. The third kappa shape index (κ3) is 5.10. The maximum atomic E-state index is 12.6. The van der Waals surface area contributed by atoms with Gasteiger partial charge in [0.2, 0.25) is 11.9 Å². The molecule has 5 atom stereocenters. The summed E-state index contributed by atoms with van der Waals surface area (Å²) < 4.78 is 29.6. The second kappa shape index (κ2) is 10.7. The largest absolute Gasteiger partial charge is 0.379 e. The average Bonchev–Trinajstić information content (AvgIpc) is 3.59. The molecule has 0 spiro atoms. The first kappa shape index (κ1) is 28.0. The summed E-state index contributed by atoms with van der Waals surface area (Å²) in [5.74, 6) is 2.71. The van der Waals surface area contributed by atoms with Crippen LogP contribution in [0, 0.1) is 11.8 Å². The number of rotatable bonds is 8. The van der Waals surface area contributed by atoms with Crippen molar-refractivity contribution in [3.05, 3.63) is 54.9 Å². The second-order valence-electron chi connectivity index (χ2n) is 12.3. The Morgan fingerprint density at radius 2 is 1.98 bits per heavy atom. The summed E-state index contributed by atoms with van der Waals surface area (Å²) in [6.45, 7) is 9.55. The summed E-state index contributed by atoms with van der Waals surface area (Å²) in [7, 11) is -3.06. The van der Waals surface area contributed by atoms with E-state index in [9.17, 15) is 13.2 Å². The number of carbonyl (C=O) groups excluding carboxylic acids is 1. The molecular formula is C31H37N7O4S. The van der Waals surface area contributed by atoms with Crippen LogP contribution in [0.5, 0.6) is 0 Å². The van der Waals surface area contributed by atoms with Crippen LogP contribution in [0.15, 0.2) is 49.3 Å². The van der Waals surface area contributed by atoms with E-state index in [0.29, 0.717) is 49.2 Å². The number of carbonyl (C=O) groups is 1. The fourth-order valence-corrected chi connectivity index (χ4v) is 8.31. The first-order chi connectivity index (χ1) is 20.7. The van der Waals surface area contributed by atoms with E-state index in [-0.39, 0.29) is 29.7 Å². The fourth-order valence-electron chi connectivity index (χ4n) is 7.15. The van der Waals surface area contributed by atoms with Crippen LogP contribution in [0.1, 0.15) is 31.4 Å². The molecule has 43 heavy (non-hydrogen) atoms. The molecule has 226 valence electrons. The van der Waals surface area contributed by atoms with Crippen LogP contribution >= 0.6 is 0 Å². The Balaban J connectivity index is 1.21. The molecule has 3 aromatic rings. The molecule has 7 rings (SSSR count). The number of sulfone groups is 1. The van der Waals surface area contributed by atoms with Crippen LogP contribution in [-0.2, 0) is 19.4 Å². The maximum absolute atomic E-state index is 12.6. The van der Waals surface area contributed by atoms with Gasteiger partial charge in [0.1, 0.15) is 21.5 Å². The highest BCUT2D eigenvalue weighted by Crippen LogP contribution is 2.43. The third-order valence-electron chi connectivity index (χ3n) is 9.64. The van der Waals surface area contributed by atoms with Crippen LogP contribution in [0.3, 0.4) is 0 Å². The van der Waals surface area contributed by atoms with E-state index in [4.69, 9.17) is 14.7 Å². The van der Waals surface area contributed by atoms with Crippen molar-refractivity contribution in [3.8, 4) is 0 Å².